The minimum absolute atomic E-state index is 0.0603. The van der Waals surface area contributed by atoms with Crippen LogP contribution in [-0.4, -0.2) is 12.1 Å². The second-order valence-corrected chi connectivity index (χ2v) is 3.55. The number of carbonyl (C=O) groups excluding carboxylic acids is 1. The Morgan fingerprint density at radius 1 is 1.56 bits per heavy atom. The average molecular weight is 128 g/mol. The molecule has 1 aliphatic rings. The maximum Gasteiger partial charge on any atom is 0.309 e. The molecule has 0 amide bonds. The maximum absolute atomic E-state index is 10.3. The summed E-state index contributed by atoms with van der Waals surface area (Å²) >= 11 is 0. The van der Waals surface area contributed by atoms with Crippen LogP contribution in [0.3, 0.4) is 0 Å². The van der Waals surface area contributed by atoms with Crippen LogP contribution in [0.4, 0.5) is 0 Å². The molecule has 0 bridgehead atoms. The van der Waals surface area contributed by atoms with Crippen LogP contribution >= 0.6 is 0 Å². The number of carbonyl (C=O) groups is 1. The first-order valence-corrected chi connectivity index (χ1v) is 3.19. The van der Waals surface area contributed by atoms with E-state index in [1.54, 1.807) is 0 Å². The van der Waals surface area contributed by atoms with Crippen LogP contribution in [0.25, 0.3) is 0 Å². The molecule has 0 N–H and O–H groups in total. The van der Waals surface area contributed by atoms with Crippen molar-refractivity contribution in [3.05, 3.63) is 0 Å². The topological polar surface area (TPSA) is 26.3 Å². The van der Waals surface area contributed by atoms with E-state index < -0.39 is 0 Å². The second kappa shape index (κ2) is 1.72. The highest BCUT2D eigenvalue weighted by Crippen LogP contribution is 2.31. The minimum Gasteiger partial charge on any atom is -0.461 e. The van der Waals surface area contributed by atoms with Crippen LogP contribution in [0.5, 0.6) is 0 Å². The molecule has 1 heterocycles. The molecular weight excluding hydrogens is 116 g/mol. The van der Waals surface area contributed by atoms with Gasteiger partial charge in [-0.3, -0.25) is 4.79 Å². The molecule has 1 saturated heterocycles. The predicted octanol–water partition coefficient (Wildman–Crippen LogP) is 1.35. The van der Waals surface area contributed by atoms with Crippen LogP contribution in [0.15, 0.2) is 0 Å². The monoisotopic (exact) mass is 128 g/mol. The number of cyclic esters (lactones) is 1. The van der Waals surface area contributed by atoms with Gasteiger partial charge in [-0.2, -0.15) is 0 Å². The molecule has 0 spiro atoms. The summed E-state index contributed by atoms with van der Waals surface area (Å²) in [5, 5.41) is 0. The lowest BCUT2D eigenvalue weighted by molar-refractivity contribution is -0.180. The van der Waals surface area contributed by atoms with Gasteiger partial charge in [0, 0.05) is 0 Å². The fourth-order valence-corrected chi connectivity index (χ4v) is 0.783. The summed E-state index contributed by atoms with van der Waals surface area (Å²) in [6, 6.07) is 0. The van der Waals surface area contributed by atoms with Gasteiger partial charge >= 0.3 is 5.97 Å². The van der Waals surface area contributed by atoms with Crippen molar-refractivity contribution in [1.82, 2.24) is 0 Å². The smallest absolute Gasteiger partial charge is 0.309 e. The first-order valence-electron chi connectivity index (χ1n) is 3.19. The normalized spacial score (nSPS) is 27.0. The highest BCUT2D eigenvalue weighted by atomic mass is 16.6. The molecule has 2 nitrogen and oxygen atoms in total. The quantitative estimate of drug-likeness (QED) is 0.460. The fourth-order valence-electron chi connectivity index (χ4n) is 0.783. The third-order valence-electron chi connectivity index (χ3n) is 1.59. The SMILES string of the molecule is CC(C)(C)[C@H]1CC(=O)O1. The van der Waals surface area contributed by atoms with E-state index in [4.69, 9.17) is 4.74 Å². The third kappa shape index (κ3) is 1.23. The molecule has 9 heavy (non-hydrogen) atoms. The van der Waals surface area contributed by atoms with E-state index in [0.717, 1.165) is 0 Å². The van der Waals surface area contributed by atoms with Crippen LogP contribution < -0.4 is 0 Å². The average Bonchev–Trinajstić information content (AvgIpc) is 1.55. The van der Waals surface area contributed by atoms with E-state index in [1.807, 2.05) is 0 Å². The van der Waals surface area contributed by atoms with Gasteiger partial charge < -0.3 is 4.74 Å². The standard InChI is InChI=1S/C7H12O2/c1-7(2,3)5-4-6(8)9-5/h5H,4H2,1-3H3/t5-/m1/s1. The highest BCUT2D eigenvalue weighted by molar-refractivity contribution is 5.75. The Kier molecular flexibility index (Phi) is 1.26. The Morgan fingerprint density at radius 3 is 2.11 bits per heavy atom. The van der Waals surface area contributed by atoms with Gasteiger partial charge in [0.05, 0.1) is 6.42 Å². The molecular formula is C7H12O2. The zero-order chi connectivity index (χ0) is 7.07. The van der Waals surface area contributed by atoms with E-state index in [9.17, 15) is 4.79 Å². The predicted molar refractivity (Wildman–Crippen MR) is 34.0 cm³/mol. The highest BCUT2D eigenvalue weighted by Gasteiger charge is 2.37. The van der Waals surface area contributed by atoms with Crippen LogP contribution in [-0.2, 0) is 9.53 Å². The summed E-state index contributed by atoms with van der Waals surface area (Å²) in [5.74, 6) is -0.0603. The van der Waals surface area contributed by atoms with E-state index in [0.29, 0.717) is 6.42 Å². The van der Waals surface area contributed by atoms with Gasteiger partial charge in [0.1, 0.15) is 6.10 Å². The molecule has 0 aliphatic carbocycles. The van der Waals surface area contributed by atoms with Crippen molar-refractivity contribution in [1.29, 1.82) is 0 Å². The van der Waals surface area contributed by atoms with Gasteiger partial charge in [-0.1, -0.05) is 20.8 Å². The van der Waals surface area contributed by atoms with E-state index in [-0.39, 0.29) is 17.5 Å². The number of ether oxygens (including phenoxy) is 1. The molecule has 1 rings (SSSR count). The van der Waals surface area contributed by atoms with Crippen LogP contribution in [0.2, 0.25) is 0 Å². The summed E-state index contributed by atoms with van der Waals surface area (Å²) in [6.07, 6.45) is 0.758. The lowest BCUT2D eigenvalue weighted by atomic mass is 9.85. The molecule has 1 atom stereocenters. The van der Waals surface area contributed by atoms with Crippen LogP contribution in [0.1, 0.15) is 27.2 Å². The van der Waals surface area contributed by atoms with Gasteiger partial charge in [0.2, 0.25) is 0 Å². The van der Waals surface area contributed by atoms with Crippen molar-refractivity contribution in [3.8, 4) is 0 Å². The van der Waals surface area contributed by atoms with Crippen LogP contribution in [0, 0.1) is 5.41 Å². The first-order chi connectivity index (χ1) is 4.00. The Labute approximate surface area is 55.2 Å². The Hall–Kier alpha value is -0.530. The maximum atomic E-state index is 10.3. The number of esters is 1. The van der Waals surface area contributed by atoms with Gasteiger partial charge in [-0.15, -0.1) is 0 Å². The summed E-state index contributed by atoms with van der Waals surface area (Å²) in [6.45, 7) is 6.22. The molecule has 1 fully saturated rings. The molecule has 1 aliphatic heterocycles. The van der Waals surface area contributed by atoms with E-state index in [1.165, 1.54) is 0 Å². The molecule has 0 aromatic carbocycles. The number of rotatable bonds is 0. The second-order valence-electron chi connectivity index (χ2n) is 3.55. The first kappa shape index (κ1) is 6.59. The Morgan fingerprint density at radius 2 is 2.00 bits per heavy atom. The molecule has 0 unspecified atom stereocenters. The Bertz CT molecular complexity index is 124. The van der Waals surface area contributed by atoms with E-state index in [2.05, 4.69) is 20.8 Å². The lowest BCUT2D eigenvalue weighted by Crippen LogP contribution is -2.42. The molecule has 0 aromatic heterocycles. The Balaban J connectivity index is 2.40. The van der Waals surface area contributed by atoms with Gasteiger partial charge in [0.25, 0.3) is 0 Å². The van der Waals surface area contributed by atoms with Gasteiger partial charge in [0.15, 0.2) is 0 Å². The molecule has 0 aromatic rings. The minimum atomic E-state index is -0.0603. The van der Waals surface area contributed by atoms with E-state index >= 15 is 0 Å². The zero-order valence-electron chi connectivity index (χ0n) is 6.10. The van der Waals surface area contributed by atoms with Crippen molar-refractivity contribution < 1.29 is 9.53 Å². The summed E-state index contributed by atoms with van der Waals surface area (Å²) in [7, 11) is 0. The third-order valence-corrected chi connectivity index (χ3v) is 1.59. The van der Waals surface area contributed by atoms with Gasteiger partial charge in [-0.05, 0) is 5.41 Å². The van der Waals surface area contributed by atoms with Crippen molar-refractivity contribution >= 4 is 5.97 Å². The summed E-state index contributed by atoms with van der Waals surface area (Å²) in [5.41, 5.74) is 0.133. The number of hydrogen-bond donors (Lipinski definition) is 0. The fraction of sp³-hybridized carbons (Fsp3) is 0.857. The van der Waals surface area contributed by atoms with Crippen molar-refractivity contribution in [2.24, 2.45) is 5.41 Å². The van der Waals surface area contributed by atoms with Crippen molar-refractivity contribution in [3.63, 3.8) is 0 Å². The van der Waals surface area contributed by atoms with Crippen molar-refractivity contribution in [2.75, 3.05) is 0 Å². The van der Waals surface area contributed by atoms with Gasteiger partial charge in [-0.25, -0.2) is 0 Å². The molecule has 2 heteroatoms. The molecule has 0 saturated carbocycles. The molecule has 0 radical (unpaired) electrons. The lowest BCUT2D eigenvalue weighted by Gasteiger charge is -2.36. The summed E-state index contributed by atoms with van der Waals surface area (Å²) in [4.78, 5) is 10.3. The largest absolute Gasteiger partial charge is 0.461 e. The number of hydrogen-bond acceptors (Lipinski definition) is 2. The summed E-state index contributed by atoms with van der Waals surface area (Å²) < 4.78 is 4.86. The zero-order valence-corrected chi connectivity index (χ0v) is 6.10. The van der Waals surface area contributed by atoms with Crippen molar-refractivity contribution in [2.45, 2.75) is 33.3 Å². The molecule has 52 valence electrons.